The minimum atomic E-state index is -4.32. The topological polar surface area (TPSA) is 59.4 Å². The van der Waals surface area contributed by atoms with E-state index in [-0.39, 0.29) is 18.9 Å². The molecule has 1 aliphatic carbocycles. The molecule has 1 unspecified atom stereocenters. The third-order valence-corrected chi connectivity index (χ3v) is 7.62. The summed E-state index contributed by atoms with van der Waals surface area (Å²) < 4.78 is 45.0. The number of benzene rings is 2. The van der Waals surface area contributed by atoms with Gasteiger partial charge in [0.05, 0.1) is 15.8 Å². The van der Waals surface area contributed by atoms with Gasteiger partial charge in [-0.15, -0.1) is 23.1 Å². The first-order valence-electron chi connectivity index (χ1n) is 10.7. The van der Waals surface area contributed by atoms with Crippen molar-refractivity contribution in [2.75, 3.05) is 6.61 Å². The maximum absolute atomic E-state index is 12.9. The molecule has 1 atom stereocenters. The second kappa shape index (κ2) is 10.2. The quantitative estimate of drug-likeness (QED) is 0.330. The molecule has 9 heteroatoms. The smallest absolute Gasteiger partial charge is 0.416 e. The first-order chi connectivity index (χ1) is 16.2. The lowest BCUT2D eigenvalue weighted by Gasteiger charge is -2.15. The molecule has 0 saturated heterocycles. The molecule has 0 fully saturated rings. The Morgan fingerprint density at radius 2 is 2.09 bits per heavy atom. The molecular weight excluding hydrogens is 483 g/mol. The number of aromatic nitrogens is 1. The molecule has 1 aromatic heterocycles. The van der Waals surface area contributed by atoms with E-state index in [9.17, 15) is 18.0 Å². The van der Waals surface area contributed by atoms with Gasteiger partial charge in [0.1, 0.15) is 10.8 Å². The van der Waals surface area contributed by atoms with Gasteiger partial charge in [0.25, 0.3) is 0 Å². The fraction of sp³-hybridized carbons (Fsp3) is 0.280. The van der Waals surface area contributed by atoms with Crippen LogP contribution in [0, 0.1) is 0 Å². The van der Waals surface area contributed by atoms with Gasteiger partial charge in [-0.1, -0.05) is 37.3 Å². The highest BCUT2D eigenvalue weighted by molar-refractivity contribution is 7.98. The number of halogens is 3. The number of carboxylic acid groups (broad SMARTS) is 1. The summed E-state index contributed by atoms with van der Waals surface area (Å²) in [4.78, 5) is 16.6. The molecule has 1 aliphatic rings. The minimum Gasteiger partial charge on any atom is -0.482 e. The molecule has 1 N–H and O–H groups in total. The average Bonchev–Trinajstić information content (AvgIpc) is 3.26. The van der Waals surface area contributed by atoms with Gasteiger partial charge in [-0.25, -0.2) is 9.78 Å². The van der Waals surface area contributed by atoms with E-state index in [1.807, 2.05) is 37.3 Å². The molecule has 0 radical (unpaired) electrons. The fourth-order valence-electron chi connectivity index (χ4n) is 3.67. The van der Waals surface area contributed by atoms with Gasteiger partial charge < -0.3 is 9.84 Å². The number of aryl methyl sites for hydroxylation is 1. The molecule has 2 aromatic carbocycles. The summed E-state index contributed by atoms with van der Waals surface area (Å²) in [5, 5.41) is 9.65. The van der Waals surface area contributed by atoms with Crippen LogP contribution in [0.2, 0.25) is 0 Å². The van der Waals surface area contributed by atoms with Crippen molar-refractivity contribution in [2.45, 2.75) is 42.5 Å². The van der Waals surface area contributed by atoms with Gasteiger partial charge >= 0.3 is 12.1 Å². The second-order valence-electron chi connectivity index (χ2n) is 7.77. The summed E-state index contributed by atoms with van der Waals surface area (Å²) in [6.07, 6.45) is 0.654. The highest BCUT2D eigenvalue weighted by Crippen LogP contribution is 2.38. The average molecular weight is 506 g/mol. The Balaban J connectivity index is 1.48. The fourth-order valence-corrected chi connectivity index (χ4v) is 5.73. The predicted molar refractivity (Wildman–Crippen MR) is 129 cm³/mol. The largest absolute Gasteiger partial charge is 0.482 e. The number of thiazole rings is 1. The van der Waals surface area contributed by atoms with Crippen molar-refractivity contribution in [2.24, 2.45) is 0 Å². The van der Waals surface area contributed by atoms with Gasteiger partial charge in [-0.05, 0) is 48.2 Å². The maximum Gasteiger partial charge on any atom is 0.416 e. The Hall–Kier alpha value is -2.78. The molecule has 4 nitrogen and oxygen atoms in total. The summed E-state index contributed by atoms with van der Waals surface area (Å²) in [5.74, 6) is 0.0763. The Bertz CT molecular complexity index is 1260. The molecule has 178 valence electrons. The number of hydrogen-bond donors (Lipinski definition) is 1. The lowest BCUT2D eigenvalue weighted by atomic mass is 9.97. The second-order valence-corrected chi connectivity index (χ2v) is 9.88. The Morgan fingerprint density at radius 1 is 1.26 bits per heavy atom. The van der Waals surface area contributed by atoms with E-state index in [1.54, 1.807) is 23.9 Å². The van der Waals surface area contributed by atoms with E-state index < -0.39 is 17.7 Å². The summed E-state index contributed by atoms with van der Waals surface area (Å²) in [6.45, 7) is 1.61. The predicted octanol–water partition coefficient (Wildman–Crippen LogP) is 7.15. The van der Waals surface area contributed by atoms with Crippen molar-refractivity contribution in [3.8, 4) is 5.75 Å². The van der Waals surface area contributed by atoms with Crippen LogP contribution in [-0.4, -0.2) is 28.8 Å². The van der Waals surface area contributed by atoms with E-state index >= 15 is 0 Å². The summed E-state index contributed by atoms with van der Waals surface area (Å²) in [6, 6.07) is 11.7. The van der Waals surface area contributed by atoms with Crippen LogP contribution in [-0.2, 0) is 17.0 Å². The van der Waals surface area contributed by atoms with Crippen LogP contribution in [0.1, 0.15) is 35.4 Å². The normalized spacial score (nSPS) is 16.0. The molecular formula is C25H22F3NO3S2. The zero-order valence-electron chi connectivity index (χ0n) is 18.3. The maximum atomic E-state index is 12.9. The summed E-state index contributed by atoms with van der Waals surface area (Å²) in [7, 11) is 0. The zero-order valence-corrected chi connectivity index (χ0v) is 19.9. The van der Waals surface area contributed by atoms with Crippen molar-refractivity contribution in [3.63, 3.8) is 0 Å². The van der Waals surface area contributed by atoms with Crippen LogP contribution in [0.4, 0.5) is 13.2 Å². The monoisotopic (exact) mass is 505 g/mol. The highest BCUT2D eigenvalue weighted by Gasteiger charge is 2.33. The summed E-state index contributed by atoms with van der Waals surface area (Å²) >= 11 is 3.16. The van der Waals surface area contributed by atoms with Crippen molar-refractivity contribution >= 4 is 39.3 Å². The lowest BCUT2D eigenvalue weighted by Crippen LogP contribution is -2.12. The van der Waals surface area contributed by atoms with Crippen molar-refractivity contribution < 1.29 is 27.8 Å². The molecule has 0 amide bonds. The Kier molecular flexibility index (Phi) is 7.33. The van der Waals surface area contributed by atoms with E-state index in [4.69, 9.17) is 14.8 Å². The van der Waals surface area contributed by atoms with Crippen molar-refractivity contribution in [1.82, 2.24) is 4.98 Å². The third kappa shape index (κ3) is 5.64. The molecule has 0 saturated carbocycles. The molecule has 4 rings (SSSR count). The number of alkyl halides is 3. The molecule has 34 heavy (non-hydrogen) atoms. The zero-order chi connectivity index (χ0) is 24.3. The molecule has 0 aliphatic heterocycles. The van der Waals surface area contributed by atoms with Crippen LogP contribution >= 0.6 is 23.1 Å². The van der Waals surface area contributed by atoms with E-state index in [1.165, 1.54) is 17.4 Å². The Morgan fingerprint density at radius 3 is 2.76 bits per heavy atom. The van der Waals surface area contributed by atoms with Crippen molar-refractivity contribution in [1.29, 1.82) is 0 Å². The number of aliphatic carboxylic acids is 1. The van der Waals surface area contributed by atoms with E-state index in [0.717, 1.165) is 37.3 Å². The number of allylic oxidation sites excluding steroid dienone is 4. The SMILES string of the molecule is CCc1cc(SCc2cccc3sc(C4C=CC(C(F)(F)F)=CC4)nc23)ccc1OCC(=O)O. The number of fused-ring (bicyclic) bond motifs is 1. The first-order valence-corrected chi connectivity index (χ1v) is 12.5. The van der Waals surface area contributed by atoms with E-state index in [2.05, 4.69) is 0 Å². The number of nitrogens with zero attached hydrogens (tertiary/aromatic N) is 1. The molecule has 1 heterocycles. The third-order valence-electron chi connectivity index (χ3n) is 5.42. The number of ether oxygens (including phenoxy) is 1. The van der Waals surface area contributed by atoms with Crippen LogP contribution < -0.4 is 4.74 Å². The molecule has 0 spiro atoms. The number of hydrogen-bond acceptors (Lipinski definition) is 5. The number of rotatable bonds is 8. The van der Waals surface area contributed by atoms with Gasteiger partial charge in [-0.2, -0.15) is 13.2 Å². The van der Waals surface area contributed by atoms with E-state index in [0.29, 0.717) is 17.9 Å². The molecule has 3 aromatic rings. The highest BCUT2D eigenvalue weighted by atomic mass is 32.2. The standard InChI is InChI=1S/C25H22F3NO3S2/c1-2-15-12-19(10-11-20(15)32-13-22(30)31)33-14-17-4-3-5-21-23(17)29-24(34-21)16-6-8-18(9-7-16)25(26,27)28/h3-6,8-12,16H,2,7,13-14H2,1H3,(H,30,31). The summed E-state index contributed by atoms with van der Waals surface area (Å²) in [5.41, 5.74) is 2.27. The van der Waals surface area contributed by atoms with Gasteiger partial charge in [-0.3, -0.25) is 0 Å². The first kappa shape index (κ1) is 24.3. The minimum absolute atomic E-state index is 0.158. The van der Waals surface area contributed by atoms with Crippen molar-refractivity contribution in [3.05, 3.63) is 76.3 Å². The number of thioether (sulfide) groups is 1. The van der Waals surface area contributed by atoms with Gasteiger partial charge in [0.15, 0.2) is 6.61 Å². The van der Waals surface area contributed by atoms with Gasteiger partial charge in [0, 0.05) is 16.6 Å². The van der Waals surface area contributed by atoms with Crippen LogP contribution in [0.3, 0.4) is 0 Å². The van der Waals surface area contributed by atoms with Gasteiger partial charge in [0.2, 0.25) is 0 Å². The van der Waals surface area contributed by atoms with Crippen LogP contribution in [0.15, 0.2) is 65.1 Å². The number of carboxylic acids is 1. The van der Waals surface area contributed by atoms with Crippen LogP contribution in [0.25, 0.3) is 10.2 Å². The molecule has 0 bridgehead atoms. The number of carbonyl (C=O) groups is 1. The lowest BCUT2D eigenvalue weighted by molar-refractivity contribution is -0.139. The van der Waals surface area contributed by atoms with Crippen LogP contribution in [0.5, 0.6) is 5.75 Å². The Labute approximate surface area is 203 Å². The number of para-hydroxylation sites is 1.